The Balaban J connectivity index is 2.53. The van der Waals surface area contributed by atoms with Crippen LogP contribution in [0.25, 0.3) is 0 Å². The predicted octanol–water partition coefficient (Wildman–Crippen LogP) is 3.88. The highest BCUT2D eigenvalue weighted by Crippen LogP contribution is 2.12. The lowest BCUT2D eigenvalue weighted by Crippen LogP contribution is -2.38. The van der Waals surface area contributed by atoms with Gasteiger partial charge in [0, 0.05) is 18.5 Å². The van der Waals surface area contributed by atoms with Gasteiger partial charge in [-0.1, -0.05) is 44.2 Å². The topological polar surface area (TPSA) is 49.3 Å². The van der Waals surface area contributed by atoms with Crippen molar-refractivity contribution in [1.82, 2.24) is 5.32 Å². The van der Waals surface area contributed by atoms with Gasteiger partial charge >= 0.3 is 5.97 Å². The summed E-state index contributed by atoms with van der Waals surface area (Å²) >= 11 is 0. The van der Waals surface area contributed by atoms with Gasteiger partial charge in [-0.25, -0.2) is 0 Å². The molecule has 0 spiro atoms. The smallest absolute Gasteiger partial charge is 0.303 e. The molecule has 0 radical (unpaired) electrons. The molecule has 0 aliphatic carbocycles. The lowest BCUT2D eigenvalue weighted by Gasteiger charge is -2.24. The van der Waals surface area contributed by atoms with E-state index in [1.54, 1.807) is 0 Å². The van der Waals surface area contributed by atoms with E-state index in [0.29, 0.717) is 18.4 Å². The summed E-state index contributed by atoms with van der Waals surface area (Å²) in [5.74, 6) is -0.00876. The van der Waals surface area contributed by atoms with Crippen molar-refractivity contribution in [3.05, 3.63) is 35.9 Å². The van der Waals surface area contributed by atoms with Gasteiger partial charge in [0.05, 0.1) is 0 Å². The normalized spacial score (nSPS) is 14.1. The fraction of sp³-hybridized carbons (Fsp3) is 0.611. The maximum atomic E-state index is 10.8. The lowest BCUT2D eigenvalue weighted by molar-refractivity contribution is -0.137. The summed E-state index contributed by atoms with van der Waals surface area (Å²) in [6.45, 7) is 6.67. The molecule has 0 amide bonds. The molecular formula is C18H29NO2. The van der Waals surface area contributed by atoms with Crippen LogP contribution in [0.4, 0.5) is 0 Å². The number of nitrogens with one attached hydrogen (secondary N) is 1. The van der Waals surface area contributed by atoms with Crippen LogP contribution in [0, 0.1) is 5.92 Å². The minimum Gasteiger partial charge on any atom is -0.481 e. The molecule has 0 fully saturated rings. The molecule has 1 aromatic carbocycles. The molecule has 0 saturated heterocycles. The van der Waals surface area contributed by atoms with Crippen LogP contribution in [-0.4, -0.2) is 23.2 Å². The highest BCUT2D eigenvalue weighted by molar-refractivity contribution is 5.66. The van der Waals surface area contributed by atoms with E-state index in [4.69, 9.17) is 5.11 Å². The molecule has 0 bridgehead atoms. The van der Waals surface area contributed by atoms with Gasteiger partial charge in [-0.15, -0.1) is 0 Å². The Kier molecular flexibility index (Phi) is 8.06. The second-order valence-electron chi connectivity index (χ2n) is 6.36. The van der Waals surface area contributed by atoms with Crippen molar-refractivity contribution in [1.29, 1.82) is 0 Å². The minimum absolute atomic E-state index is 0.224. The Morgan fingerprint density at radius 3 is 2.33 bits per heavy atom. The zero-order valence-electron chi connectivity index (χ0n) is 13.5. The third-order valence-corrected chi connectivity index (χ3v) is 3.73. The Hall–Kier alpha value is -1.35. The number of hydrogen-bond donors (Lipinski definition) is 2. The first kappa shape index (κ1) is 17.7. The van der Waals surface area contributed by atoms with Gasteiger partial charge in [-0.2, -0.15) is 0 Å². The zero-order chi connectivity index (χ0) is 15.7. The molecule has 21 heavy (non-hydrogen) atoms. The van der Waals surface area contributed by atoms with E-state index in [1.165, 1.54) is 12.0 Å². The van der Waals surface area contributed by atoms with Crippen LogP contribution in [0.5, 0.6) is 0 Å². The van der Waals surface area contributed by atoms with E-state index in [1.807, 2.05) is 18.2 Å². The van der Waals surface area contributed by atoms with Crippen molar-refractivity contribution in [2.24, 2.45) is 5.92 Å². The second-order valence-corrected chi connectivity index (χ2v) is 6.36. The van der Waals surface area contributed by atoms with Gasteiger partial charge in [0.25, 0.3) is 0 Å². The van der Waals surface area contributed by atoms with Crippen molar-refractivity contribution in [2.75, 3.05) is 0 Å². The lowest BCUT2D eigenvalue weighted by atomic mass is 9.99. The van der Waals surface area contributed by atoms with Gasteiger partial charge < -0.3 is 10.4 Å². The van der Waals surface area contributed by atoms with Crippen molar-refractivity contribution in [2.45, 2.75) is 65.0 Å². The molecule has 3 nitrogen and oxygen atoms in total. The average Bonchev–Trinajstić information content (AvgIpc) is 2.43. The molecule has 1 aromatic rings. The van der Waals surface area contributed by atoms with Gasteiger partial charge in [0.2, 0.25) is 0 Å². The molecule has 2 N–H and O–H groups in total. The summed E-state index contributed by atoms with van der Waals surface area (Å²) in [7, 11) is 0. The summed E-state index contributed by atoms with van der Waals surface area (Å²) in [6, 6.07) is 10.9. The van der Waals surface area contributed by atoms with E-state index in [-0.39, 0.29) is 12.5 Å². The molecule has 0 aliphatic rings. The fourth-order valence-corrected chi connectivity index (χ4v) is 2.51. The van der Waals surface area contributed by atoms with E-state index >= 15 is 0 Å². The minimum atomic E-state index is -0.718. The van der Waals surface area contributed by atoms with E-state index < -0.39 is 5.97 Å². The van der Waals surface area contributed by atoms with Crippen molar-refractivity contribution < 1.29 is 9.90 Å². The highest BCUT2D eigenvalue weighted by atomic mass is 16.4. The quantitative estimate of drug-likeness (QED) is 0.688. The monoisotopic (exact) mass is 291 g/mol. The number of hydrogen-bond acceptors (Lipinski definition) is 2. The van der Waals surface area contributed by atoms with Gasteiger partial charge in [-0.05, 0) is 44.1 Å². The van der Waals surface area contributed by atoms with E-state index in [0.717, 1.165) is 12.8 Å². The Bertz CT molecular complexity index is 403. The molecule has 118 valence electrons. The first-order chi connectivity index (χ1) is 9.97. The Morgan fingerprint density at radius 1 is 1.10 bits per heavy atom. The molecular weight excluding hydrogens is 262 g/mol. The third kappa shape index (κ3) is 8.51. The average molecular weight is 291 g/mol. The molecule has 2 unspecified atom stereocenters. The van der Waals surface area contributed by atoms with Crippen LogP contribution >= 0.6 is 0 Å². The number of benzene rings is 1. The van der Waals surface area contributed by atoms with Gasteiger partial charge in [0.15, 0.2) is 0 Å². The van der Waals surface area contributed by atoms with Crippen LogP contribution in [-0.2, 0) is 11.2 Å². The summed E-state index contributed by atoms with van der Waals surface area (Å²) in [6.07, 6.45) is 4.12. The van der Waals surface area contributed by atoms with Gasteiger partial charge in [-0.3, -0.25) is 4.79 Å². The van der Waals surface area contributed by atoms with E-state index in [2.05, 4.69) is 38.2 Å². The van der Waals surface area contributed by atoms with Crippen molar-refractivity contribution >= 4 is 5.97 Å². The predicted molar refractivity (Wildman–Crippen MR) is 87.5 cm³/mol. The molecule has 0 saturated carbocycles. The maximum absolute atomic E-state index is 10.8. The fourth-order valence-electron chi connectivity index (χ4n) is 2.51. The van der Waals surface area contributed by atoms with Crippen molar-refractivity contribution in [3.8, 4) is 0 Å². The molecule has 1 rings (SSSR count). The number of carbonyl (C=O) groups is 1. The summed E-state index contributed by atoms with van der Waals surface area (Å²) in [4.78, 5) is 10.8. The molecule has 0 heterocycles. The van der Waals surface area contributed by atoms with E-state index in [9.17, 15) is 4.79 Å². The summed E-state index contributed by atoms with van der Waals surface area (Å²) < 4.78 is 0. The van der Waals surface area contributed by atoms with Gasteiger partial charge in [0.1, 0.15) is 0 Å². The Labute approximate surface area is 128 Å². The molecule has 0 aromatic heterocycles. The largest absolute Gasteiger partial charge is 0.481 e. The van der Waals surface area contributed by atoms with Crippen molar-refractivity contribution in [3.63, 3.8) is 0 Å². The first-order valence-electron chi connectivity index (χ1n) is 7.99. The third-order valence-electron chi connectivity index (χ3n) is 3.73. The zero-order valence-corrected chi connectivity index (χ0v) is 13.5. The van der Waals surface area contributed by atoms with Crippen LogP contribution in [0.2, 0.25) is 0 Å². The molecule has 3 heteroatoms. The van der Waals surface area contributed by atoms with Crippen LogP contribution in [0.3, 0.4) is 0 Å². The SMILES string of the molecule is CC(C)CCC(C)NC(CCC(=O)O)Cc1ccccc1. The number of aliphatic carboxylic acids is 1. The Morgan fingerprint density at radius 2 is 1.76 bits per heavy atom. The standard InChI is InChI=1S/C18H29NO2/c1-14(2)9-10-15(3)19-17(11-12-18(20)21)13-16-7-5-4-6-8-16/h4-8,14-15,17,19H,9-13H2,1-3H3,(H,20,21). The number of carboxylic acids is 1. The van der Waals surface area contributed by atoms with Crippen LogP contribution < -0.4 is 5.32 Å². The van der Waals surface area contributed by atoms with Crippen LogP contribution in [0.15, 0.2) is 30.3 Å². The number of rotatable bonds is 10. The van der Waals surface area contributed by atoms with Crippen LogP contribution in [0.1, 0.15) is 52.0 Å². The maximum Gasteiger partial charge on any atom is 0.303 e. The molecule has 2 atom stereocenters. The second kappa shape index (κ2) is 9.56. The summed E-state index contributed by atoms with van der Waals surface area (Å²) in [5.41, 5.74) is 1.26. The first-order valence-corrected chi connectivity index (χ1v) is 7.99. The number of carboxylic acid groups (broad SMARTS) is 1. The highest BCUT2D eigenvalue weighted by Gasteiger charge is 2.14. The molecule has 0 aliphatic heterocycles. The summed E-state index contributed by atoms with van der Waals surface area (Å²) in [5, 5.41) is 12.5.